The molecule has 2 aromatic rings. The Balaban J connectivity index is 2.47. The molecule has 24 heavy (non-hydrogen) atoms. The van der Waals surface area contributed by atoms with Crippen molar-refractivity contribution < 1.29 is 9.66 Å². The Morgan fingerprint density at radius 2 is 1.75 bits per heavy atom. The minimum absolute atomic E-state index is 0.0240. The number of aromatic nitrogens is 3. The molecular formula is C13H15N5O6. The van der Waals surface area contributed by atoms with Gasteiger partial charge in [-0.25, -0.2) is 4.79 Å². The SMILES string of the molecule is Cn1c(=O)c2c(=O)c([N+](=O)[O-])c(N3CCOCC3)[nH]c2n(C)c1=O. The third-order valence-electron chi connectivity index (χ3n) is 4.08. The largest absolute Gasteiger partial charge is 0.378 e. The number of nitrogens with zero attached hydrogens (tertiary/aromatic N) is 4. The summed E-state index contributed by atoms with van der Waals surface area (Å²) in [5.74, 6) is -0.0240. The Morgan fingerprint density at radius 3 is 2.33 bits per heavy atom. The number of aromatic amines is 1. The smallest absolute Gasteiger partial charge is 0.357 e. The number of fused-ring (bicyclic) bond motifs is 1. The number of ether oxygens (including phenoxy) is 1. The fraction of sp³-hybridized carbons (Fsp3) is 0.462. The van der Waals surface area contributed by atoms with Gasteiger partial charge in [0.25, 0.3) is 11.0 Å². The van der Waals surface area contributed by atoms with E-state index in [-0.39, 0.29) is 11.5 Å². The molecule has 0 bridgehead atoms. The molecule has 1 aliphatic heterocycles. The van der Waals surface area contributed by atoms with E-state index >= 15 is 0 Å². The van der Waals surface area contributed by atoms with E-state index in [0.717, 1.165) is 9.13 Å². The van der Waals surface area contributed by atoms with Crippen LogP contribution >= 0.6 is 0 Å². The van der Waals surface area contributed by atoms with Crippen molar-refractivity contribution in [3.8, 4) is 0 Å². The van der Waals surface area contributed by atoms with Crippen molar-refractivity contribution >= 4 is 22.5 Å². The van der Waals surface area contributed by atoms with Crippen LogP contribution in [0.3, 0.4) is 0 Å². The monoisotopic (exact) mass is 337 g/mol. The van der Waals surface area contributed by atoms with E-state index in [4.69, 9.17) is 4.74 Å². The third-order valence-corrected chi connectivity index (χ3v) is 4.08. The van der Waals surface area contributed by atoms with Crippen LogP contribution < -0.4 is 21.6 Å². The van der Waals surface area contributed by atoms with Gasteiger partial charge < -0.3 is 14.6 Å². The molecule has 0 unspecified atom stereocenters. The number of rotatable bonds is 2. The molecule has 1 N–H and O–H groups in total. The summed E-state index contributed by atoms with van der Waals surface area (Å²) in [7, 11) is 2.60. The Morgan fingerprint density at radius 1 is 1.12 bits per heavy atom. The molecule has 3 rings (SSSR count). The highest BCUT2D eigenvalue weighted by Gasteiger charge is 2.30. The quantitative estimate of drug-likeness (QED) is 0.530. The number of hydrogen-bond acceptors (Lipinski definition) is 7. The first-order valence-corrected chi connectivity index (χ1v) is 7.17. The van der Waals surface area contributed by atoms with Gasteiger partial charge in [-0.3, -0.25) is 28.8 Å². The second kappa shape index (κ2) is 5.60. The maximum Gasteiger partial charge on any atom is 0.357 e. The maximum atomic E-state index is 12.6. The second-order valence-electron chi connectivity index (χ2n) is 5.44. The van der Waals surface area contributed by atoms with Gasteiger partial charge >= 0.3 is 11.4 Å². The minimum atomic E-state index is -1.01. The molecular weight excluding hydrogens is 322 g/mol. The lowest BCUT2D eigenvalue weighted by Gasteiger charge is -2.28. The van der Waals surface area contributed by atoms with E-state index in [2.05, 4.69) is 4.98 Å². The predicted octanol–water partition coefficient (Wildman–Crippen LogP) is -1.33. The average molecular weight is 337 g/mol. The van der Waals surface area contributed by atoms with E-state index in [1.54, 1.807) is 4.90 Å². The lowest BCUT2D eigenvalue weighted by Crippen LogP contribution is -2.41. The standard InChI is InChI=1S/C13H15N5O6/c1-15-10-7(12(20)16(2)13(15)21)9(19)8(18(22)23)11(14-10)17-3-5-24-6-4-17/h3-6H2,1-2H3,(H,14,19). The summed E-state index contributed by atoms with van der Waals surface area (Å²) in [6, 6.07) is 0. The van der Waals surface area contributed by atoms with Gasteiger partial charge in [-0.1, -0.05) is 0 Å². The van der Waals surface area contributed by atoms with Gasteiger partial charge in [0.2, 0.25) is 0 Å². The number of H-pyrrole nitrogens is 1. The van der Waals surface area contributed by atoms with Crippen LogP contribution in [-0.2, 0) is 18.8 Å². The fourth-order valence-electron chi connectivity index (χ4n) is 2.78. The van der Waals surface area contributed by atoms with Crippen molar-refractivity contribution in [1.82, 2.24) is 14.1 Å². The number of aryl methyl sites for hydroxylation is 1. The summed E-state index contributed by atoms with van der Waals surface area (Å²) in [6.45, 7) is 1.40. The van der Waals surface area contributed by atoms with Crippen LogP contribution in [0, 0.1) is 10.1 Å². The lowest BCUT2D eigenvalue weighted by atomic mass is 10.2. The van der Waals surface area contributed by atoms with Crippen LogP contribution in [0.15, 0.2) is 14.4 Å². The van der Waals surface area contributed by atoms with Crippen molar-refractivity contribution in [2.75, 3.05) is 31.2 Å². The topological polar surface area (TPSA) is 132 Å². The molecule has 1 saturated heterocycles. The van der Waals surface area contributed by atoms with Crippen LogP contribution in [-0.4, -0.2) is 45.3 Å². The van der Waals surface area contributed by atoms with Gasteiger partial charge in [0.1, 0.15) is 11.0 Å². The fourth-order valence-corrected chi connectivity index (χ4v) is 2.78. The van der Waals surface area contributed by atoms with Gasteiger partial charge in [0, 0.05) is 27.2 Å². The Labute approximate surface area is 133 Å². The zero-order valence-electron chi connectivity index (χ0n) is 13.1. The number of morpholine rings is 1. The second-order valence-corrected chi connectivity index (χ2v) is 5.44. The number of pyridine rings is 1. The van der Waals surface area contributed by atoms with E-state index in [0.29, 0.717) is 26.3 Å². The van der Waals surface area contributed by atoms with E-state index in [1.165, 1.54) is 14.1 Å². The Bertz CT molecular complexity index is 1010. The van der Waals surface area contributed by atoms with Crippen LogP contribution in [0.4, 0.5) is 11.5 Å². The van der Waals surface area contributed by atoms with Gasteiger partial charge in [-0.05, 0) is 0 Å². The van der Waals surface area contributed by atoms with Crippen molar-refractivity contribution in [3.63, 3.8) is 0 Å². The number of nitro groups is 1. The first-order chi connectivity index (χ1) is 11.3. The van der Waals surface area contributed by atoms with Gasteiger partial charge in [-0.2, -0.15) is 0 Å². The van der Waals surface area contributed by atoms with Crippen LogP contribution in [0.1, 0.15) is 0 Å². The molecule has 0 radical (unpaired) electrons. The first kappa shape index (κ1) is 15.9. The lowest BCUT2D eigenvalue weighted by molar-refractivity contribution is -0.385. The molecule has 0 aromatic carbocycles. The average Bonchev–Trinajstić information content (AvgIpc) is 2.57. The molecule has 0 atom stereocenters. The van der Waals surface area contributed by atoms with Crippen molar-refractivity contribution in [2.24, 2.45) is 14.1 Å². The summed E-state index contributed by atoms with van der Waals surface area (Å²) in [5.41, 5.74) is -3.26. The molecule has 11 nitrogen and oxygen atoms in total. The van der Waals surface area contributed by atoms with Gasteiger partial charge in [0.15, 0.2) is 5.82 Å². The summed E-state index contributed by atoms with van der Waals surface area (Å²) in [5, 5.41) is 11.0. The zero-order valence-corrected chi connectivity index (χ0v) is 13.1. The summed E-state index contributed by atoms with van der Waals surface area (Å²) in [6.07, 6.45) is 0. The van der Waals surface area contributed by atoms with E-state index in [1.807, 2.05) is 0 Å². The molecule has 2 aromatic heterocycles. The maximum absolute atomic E-state index is 12.6. The highest BCUT2D eigenvalue weighted by atomic mass is 16.6. The van der Waals surface area contributed by atoms with Crippen LogP contribution in [0.25, 0.3) is 11.0 Å². The highest BCUT2D eigenvalue weighted by Crippen LogP contribution is 2.24. The molecule has 3 heterocycles. The van der Waals surface area contributed by atoms with Crippen molar-refractivity contribution in [2.45, 2.75) is 0 Å². The van der Waals surface area contributed by atoms with Gasteiger partial charge in [-0.15, -0.1) is 0 Å². The number of nitrogens with one attached hydrogen (secondary N) is 1. The van der Waals surface area contributed by atoms with E-state index < -0.39 is 32.7 Å². The Kier molecular flexibility index (Phi) is 3.72. The summed E-state index contributed by atoms with van der Waals surface area (Å²) >= 11 is 0. The molecule has 0 spiro atoms. The molecule has 0 amide bonds. The van der Waals surface area contributed by atoms with Crippen molar-refractivity contribution in [1.29, 1.82) is 0 Å². The molecule has 0 aliphatic carbocycles. The normalized spacial score (nSPS) is 15.0. The van der Waals surface area contributed by atoms with Gasteiger partial charge in [0.05, 0.1) is 18.1 Å². The van der Waals surface area contributed by atoms with Crippen LogP contribution in [0.5, 0.6) is 0 Å². The summed E-state index contributed by atoms with van der Waals surface area (Å²) in [4.78, 5) is 51.9. The molecule has 128 valence electrons. The zero-order chi connectivity index (χ0) is 17.6. The first-order valence-electron chi connectivity index (χ1n) is 7.17. The predicted molar refractivity (Wildman–Crippen MR) is 84.7 cm³/mol. The summed E-state index contributed by atoms with van der Waals surface area (Å²) < 4.78 is 7.04. The molecule has 1 aliphatic rings. The molecule has 1 fully saturated rings. The van der Waals surface area contributed by atoms with Crippen molar-refractivity contribution in [3.05, 3.63) is 41.2 Å². The highest BCUT2D eigenvalue weighted by molar-refractivity contribution is 5.81. The van der Waals surface area contributed by atoms with Crippen LogP contribution in [0.2, 0.25) is 0 Å². The molecule has 0 saturated carbocycles. The number of anilines is 1. The Hall–Kier alpha value is -2.95. The molecule has 11 heteroatoms. The minimum Gasteiger partial charge on any atom is -0.378 e. The number of hydrogen-bond donors (Lipinski definition) is 1. The van der Waals surface area contributed by atoms with E-state index in [9.17, 15) is 24.5 Å². The third kappa shape index (κ3) is 2.21.